The Bertz CT molecular complexity index is 626. The summed E-state index contributed by atoms with van der Waals surface area (Å²) in [7, 11) is 1.30. The van der Waals surface area contributed by atoms with Gasteiger partial charge in [0.2, 0.25) is 5.76 Å². The van der Waals surface area contributed by atoms with Crippen LogP contribution in [0.2, 0.25) is 0 Å². The Morgan fingerprint density at radius 3 is 3.05 bits per heavy atom. The molecule has 0 aliphatic rings. The molecule has 0 bridgehead atoms. The molecular weight excluding hydrogens is 244 g/mol. The number of furan rings is 1. The number of nitriles is 1. The third-order valence-electron chi connectivity index (χ3n) is 2.59. The number of nitrogens with zero attached hydrogens (tertiary/aromatic N) is 1. The van der Waals surface area contributed by atoms with Gasteiger partial charge in [-0.3, -0.25) is 0 Å². The van der Waals surface area contributed by atoms with E-state index >= 15 is 0 Å². The molecule has 0 aliphatic carbocycles. The van der Waals surface area contributed by atoms with Crippen LogP contribution in [0.1, 0.15) is 21.7 Å². The quantitative estimate of drug-likeness (QED) is 0.851. The average Bonchev–Trinajstić information content (AvgIpc) is 2.93. The number of hydrogen-bond donors (Lipinski definition) is 1. The van der Waals surface area contributed by atoms with E-state index in [0.717, 1.165) is 5.69 Å². The molecule has 0 fully saturated rings. The molecule has 19 heavy (non-hydrogen) atoms. The number of nitrogens with one attached hydrogen (secondary N) is 1. The average molecular weight is 256 g/mol. The molecule has 5 nitrogen and oxygen atoms in total. The van der Waals surface area contributed by atoms with E-state index in [1.165, 1.54) is 13.4 Å². The number of methoxy groups -OCH3 is 1. The van der Waals surface area contributed by atoms with Gasteiger partial charge in [-0.05, 0) is 24.3 Å². The zero-order valence-electron chi connectivity index (χ0n) is 10.3. The van der Waals surface area contributed by atoms with E-state index in [1.807, 2.05) is 6.07 Å². The van der Waals surface area contributed by atoms with Crippen molar-refractivity contribution >= 4 is 11.7 Å². The Labute approximate surface area is 110 Å². The number of esters is 1. The fraction of sp³-hybridized carbons (Fsp3) is 0.143. The minimum atomic E-state index is -0.507. The lowest BCUT2D eigenvalue weighted by Gasteiger charge is -2.06. The summed E-state index contributed by atoms with van der Waals surface area (Å²) in [5.41, 5.74) is 2.08. The molecule has 0 amide bonds. The molecular formula is C14H12N2O3. The van der Waals surface area contributed by atoms with Crippen molar-refractivity contribution in [3.8, 4) is 6.07 Å². The van der Waals surface area contributed by atoms with Gasteiger partial charge in [-0.15, -0.1) is 0 Å². The molecule has 96 valence electrons. The molecule has 0 saturated carbocycles. The minimum absolute atomic E-state index is 0.187. The van der Waals surface area contributed by atoms with Crippen LogP contribution in [0.25, 0.3) is 0 Å². The number of anilines is 1. The second-order valence-electron chi connectivity index (χ2n) is 3.81. The molecule has 0 aliphatic heterocycles. The minimum Gasteiger partial charge on any atom is -0.463 e. The van der Waals surface area contributed by atoms with Gasteiger partial charge in [0.15, 0.2) is 0 Å². The number of carbonyl (C=O) groups is 1. The van der Waals surface area contributed by atoms with Gasteiger partial charge in [0.25, 0.3) is 0 Å². The van der Waals surface area contributed by atoms with Crippen LogP contribution < -0.4 is 5.32 Å². The van der Waals surface area contributed by atoms with E-state index in [4.69, 9.17) is 9.68 Å². The fourth-order valence-corrected chi connectivity index (χ4v) is 1.64. The highest BCUT2D eigenvalue weighted by molar-refractivity contribution is 5.87. The lowest BCUT2D eigenvalue weighted by molar-refractivity contribution is 0.0563. The Morgan fingerprint density at radius 2 is 2.32 bits per heavy atom. The van der Waals surface area contributed by atoms with Crippen LogP contribution in [0.5, 0.6) is 0 Å². The molecule has 1 aromatic carbocycles. The van der Waals surface area contributed by atoms with E-state index in [1.54, 1.807) is 24.3 Å². The first kappa shape index (κ1) is 12.7. The maximum absolute atomic E-state index is 11.4. The van der Waals surface area contributed by atoms with Crippen molar-refractivity contribution in [1.29, 1.82) is 5.26 Å². The topological polar surface area (TPSA) is 75.3 Å². The maximum Gasteiger partial charge on any atom is 0.374 e. The van der Waals surface area contributed by atoms with Crippen molar-refractivity contribution in [3.05, 3.63) is 53.5 Å². The lowest BCUT2D eigenvalue weighted by atomic mass is 10.2. The standard InChI is InChI=1S/C14H12N2O3/c1-18-14(17)13-11(5-6-19-13)9-16-12-4-2-3-10(7-12)8-15/h2-7,16H,9H2,1H3. The van der Waals surface area contributed by atoms with E-state index in [2.05, 4.69) is 16.1 Å². The van der Waals surface area contributed by atoms with Crippen LogP contribution in [0.3, 0.4) is 0 Å². The number of hydrogen-bond acceptors (Lipinski definition) is 5. The zero-order valence-corrected chi connectivity index (χ0v) is 10.3. The summed E-state index contributed by atoms with van der Waals surface area (Å²) >= 11 is 0. The highest BCUT2D eigenvalue weighted by Crippen LogP contribution is 2.15. The molecule has 2 rings (SSSR count). The summed E-state index contributed by atoms with van der Waals surface area (Å²) < 4.78 is 9.70. The Kier molecular flexibility index (Phi) is 3.84. The summed E-state index contributed by atoms with van der Waals surface area (Å²) in [5.74, 6) is -0.320. The van der Waals surface area contributed by atoms with Gasteiger partial charge in [0.1, 0.15) is 0 Å². The third-order valence-corrected chi connectivity index (χ3v) is 2.59. The lowest BCUT2D eigenvalue weighted by Crippen LogP contribution is -2.06. The van der Waals surface area contributed by atoms with Gasteiger partial charge in [-0.25, -0.2) is 4.79 Å². The van der Waals surface area contributed by atoms with E-state index in [-0.39, 0.29) is 5.76 Å². The number of benzene rings is 1. The van der Waals surface area contributed by atoms with Gasteiger partial charge >= 0.3 is 5.97 Å². The molecule has 0 radical (unpaired) electrons. The van der Waals surface area contributed by atoms with Gasteiger partial charge in [0, 0.05) is 17.8 Å². The van der Waals surface area contributed by atoms with Crippen molar-refractivity contribution in [3.63, 3.8) is 0 Å². The molecule has 1 aromatic heterocycles. The van der Waals surface area contributed by atoms with Crippen LogP contribution in [0, 0.1) is 11.3 Å². The molecule has 1 N–H and O–H groups in total. The summed E-state index contributed by atoms with van der Waals surface area (Å²) in [6.45, 7) is 0.413. The van der Waals surface area contributed by atoms with Gasteiger partial charge in [0.05, 0.1) is 25.0 Å². The molecule has 1 heterocycles. The number of rotatable bonds is 4. The molecule has 0 atom stereocenters. The smallest absolute Gasteiger partial charge is 0.374 e. The van der Waals surface area contributed by atoms with Crippen molar-refractivity contribution in [2.45, 2.75) is 6.54 Å². The largest absolute Gasteiger partial charge is 0.463 e. The van der Waals surface area contributed by atoms with E-state index < -0.39 is 5.97 Å². The highest BCUT2D eigenvalue weighted by atomic mass is 16.5. The molecule has 5 heteroatoms. The van der Waals surface area contributed by atoms with Crippen molar-refractivity contribution < 1.29 is 13.9 Å². The number of ether oxygens (including phenoxy) is 1. The molecule has 2 aromatic rings. The van der Waals surface area contributed by atoms with Crippen LogP contribution in [0.15, 0.2) is 41.0 Å². The van der Waals surface area contributed by atoms with Crippen LogP contribution in [-0.4, -0.2) is 13.1 Å². The first-order valence-electron chi connectivity index (χ1n) is 5.63. The maximum atomic E-state index is 11.4. The summed E-state index contributed by atoms with van der Waals surface area (Å²) in [5, 5.41) is 11.9. The molecule has 0 saturated heterocycles. The zero-order chi connectivity index (χ0) is 13.7. The van der Waals surface area contributed by atoms with Crippen LogP contribution in [0.4, 0.5) is 5.69 Å². The fourth-order valence-electron chi connectivity index (χ4n) is 1.64. The molecule has 0 unspecified atom stereocenters. The van der Waals surface area contributed by atoms with Crippen LogP contribution >= 0.6 is 0 Å². The summed E-state index contributed by atoms with van der Waals surface area (Å²) in [6.07, 6.45) is 1.44. The first-order chi connectivity index (χ1) is 9.24. The van der Waals surface area contributed by atoms with Gasteiger partial charge in [-0.2, -0.15) is 5.26 Å². The Balaban J connectivity index is 2.09. The number of carbonyl (C=O) groups excluding carboxylic acids is 1. The second-order valence-corrected chi connectivity index (χ2v) is 3.81. The Morgan fingerprint density at radius 1 is 1.47 bits per heavy atom. The van der Waals surface area contributed by atoms with E-state index in [0.29, 0.717) is 17.7 Å². The third kappa shape index (κ3) is 2.93. The van der Waals surface area contributed by atoms with E-state index in [9.17, 15) is 4.79 Å². The highest BCUT2D eigenvalue weighted by Gasteiger charge is 2.15. The van der Waals surface area contributed by atoms with Crippen LogP contribution in [-0.2, 0) is 11.3 Å². The summed E-state index contributed by atoms with van der Waals surface area (Å²) in [4.78, 5) is 11.4. The monoisotopic (exact) mass is 256 g/mol. The summed E-state index contributed by atoms with van der Waals surface area (Å²) in [6, 6.07) is 10.9. The predicted molar refractivity (Wildman–Crippen MR) is 68.5 cm³/mol. The van der Waals surface area contributed by atoms with Crippen molar-refractivity contribution in [2.24, 2.45) is 0 Å². The van der Waals surface area contributed by atoms with Crippen molar-refractivity contribution in [1.82, 2.24) is 0 Å². The van der Waals surface area contributed by atoms with Gasteiger partial charge in [-0.1, -0.05) is 6.07 Å². The van der Waals surface area contributed by atoms with Gasteiger partial charge < -0.3 is 14.5 Å². The second kappa shape index (κ2) is 5.74. The van der Waals surface area contributed by atoms with Crippen molar-refractivity contribution in [2.75, 3.05) is 12.4 Å². The Hall–Kier alpha value is -2.74. The normalized spacial score (nSPS) is 9.68. The predicted octanol–water partition coefficient (Wildman–Crippen LogP) is 2.55. The SMILES string of the molecule is COC(=O)c1occc1CNc1cccc(C#N)c1. The first-order valence-corrected chi connectivity index (χ1v) is 5.63. The molecule has 0 spiro atoms.